The van der Waals surface area contributed by atoms with Gasteiger partial charge in [0.1, 0.15) is 5.82 Å². The Hall–Kier alpha value is -3.26. The zero-order valence-electron chi connectivity index (χ0n) is 15.1. The summed E-state index contributed by atoms with van der Waals surface area (Å²) in [6.45, 7) is 2.13. The van der Waals surface area contributed by atoms with Crippen molar-refractivity contribution < 1.29 is 17.9 Å². The molecule has 1 unspecified atom stereocenters. The molecule has 0 amide bonds. The first-order valence-corrected chi connectivity index (χ1v) is 10.2. The summed E-state index contributed by atoms with van der Waals surface area (Å²) in [6.07, 6.45) is 1.59. The average Bonchev–Trinajstić information content (AvgIpc) is 3.18. The zero-order valence-corrected chi connectivity index (χ0v) is 15.9. The molecule has 1 aliphatic rings. The molecule has 7 nitrogen and oxygen atoms in total. The van der Waals surface area contributed by atoms with Crippen molar-refractivity contribution in [1.82, 2.24) is 4.98 Å². The molecule has 0 bridgehead atoms. The lowest BCUT2D eigenvalue weighted by Gasteiger charge is -2.15. The van der Waals surface area contributed by atoms with E-state index in [0.717, 1.165) is 11.3 Å². The first kappa shape index (κ1) is 18.1. The molecule has 0 aliphatic carbocycles. The molecule has 28 heavy (non-hydrogen) atoms. The van der Waals surface area contributed by atoms with E-state index in [2.05, 4.69) is 15.0 Å². The molecule has 0 saturated heterocycles. The molecule has 4 rings (SSSR count). The lowest BCUT2D eigenvalue weighted by atomic mass is 10.1. The van der Waals surface area contributed by atoms with Gasteiger partial charge in [-0.3, -0.25) is 4.72 Å². The normalized spacial score (nSPS) is 13.8. The van der Waals surface area contributed by atoms with Crippen molar-refractivity contribution in [3.8, 4) is 11.5 Å². The quantitative estimate of drug-likeness (QED) is 0.658. The number of fused-ring (bicyclic) bond motifs is 1. The Labute approximate surface area is 163 Å². The van der Waals surface area contributed by atoms with Crippen LogP contribution in [0.15, 0.2) is 71.8 Å². The third kappa shape index (κ3) is 3.86. The van der Waals surface area contributed by atoms with Crippen LogP contribution in [0.5, 0.6) is 11.5 Å². The number of sulfonamides is 1. The van der Waals surface area contributed by atoms with Gasteiger partial charge in [0.2, 0.25) is 6.79 Å². The molecule has 0 saturated carbocycles. The molecule has 2 heterocycles. The van der Waals surface area contributed by atoms with Crippen molar-refractivity contribution in [1.29, 1.82) is 0 Å². The lowest BCUT2D eigenvalue weighted by Crippen LogP contribution is -2.14. The summed E-state index contributed by atoms with van der Waals surface area (Å²) < 4.78 is 38.1. The third-order valence-corrected chi connectivity index (χ3v) is 5.69. The molecular weight excluding hydrogens is 378 g/mol. The number of pyridine rings is 1. The maximum absolute atomic E-state index is 12.6. The van der Waals surface area contributed by atoms with Crippen LogP contribution in [0.3, 0.4) is 0 Å². The van der Waals surface area contributed by atoms with Gasteiger partial charge in [-0.15, -0.1) is 0 Å². The molecular formula is C20H19N3O4S. The SMILES string of the molecule is CC(Nc1ccc(NS(=O)(=O)c2ccc3c(c2)OCO3)nc1)c1ccccc1. The third-order valence-electron chi connectivity index (χ3n) is 4.34. The second-order valence-corrected chi connectivity index (χ2v) is 8.01. The maximum Gasteiger partial charge on any atom is 0.263 e. The summed E-state index contributed by atoms with van der Waals surface area (Å²) in [5.41, 5.74) is 1.94. The molecule has 144 valence electrons. The van der Waals surface area contributed by atoms with Crippen LogP contribution in [0.4, 0.5) is 11.5 Å². The van der Waals surface area contributed by atoms with E-state index in [-0.39, 0.29) is 23.5 Å². The molecule has 2 N–H and O–H groups in total. The summed E-state index contributed by atoms with van der Waals surface area (Å²) >= 11 is 0. The number of ether oxygens (including phenoxy) is 2. The Kier molecular flexibility index (Phi) is 4.79. The number of anilines is 2. The van der Waals surface area contributed by atoms with E-state index in [0.29, 0.717) is 11.5 Å². The second-order valence-electron chi connectivity index (χ2n) is 6.33. The van der Waals surface area contributed by atoms with E-state index in [9.17, 15) is 8.42 Å². The van der Waals surface area contributed by atoms with Gasteiger partial charge in [-0.1, -0.05) is 30.3 Å². The predicted molar refractivity (Wildman–Crippen MR) is 106 cm³/mol. The highest BCUT2D eigenvalue weighted by Crippen LogP contribution is 2.34. The van der Waals surface area contributed by atoms with Gasteiger partial charge in [-0.2, -0.15) is 0 Å². The van der Waals surface area contributed by atoms with Crippen LogP contribution in [0.1, 0.15) is 18.5 Å². The molecule has 2 aromatic carbocycles. The van der Waals surface area contributed by atoms with E-state index < -0.39 is 10.0 Å². The Morgan fingerprint density at radius 3 is 2.54 bits per heavy atom. The number of nitrogens with zero attached hydrogens (tertiary/aromatic N) is 1. The number of aromatic nitrogens is 1. The van der Waals surface area contributed by atoms with Crippen LogP contribution in [-0.4, -0.2) is 20.2 Å². The van der Waals surface area contributed by atoms with Gasteiger partial charge < -0.3 is 14.8 Å². The van der Waals surface area contributed by atoms with Crippen molar-refractivity contribution in [3.63, 3.8) is 0 Å². The minimum absolute atomic E-state index is 0.0819. The fourth-order valence-electron chi connectivity index (χ4n) is 2.86. The van der Waals surface area contributed by atoms with Crippen LogP contribution in [0.2, 0.25) is 0 Å². The highest BCUT2D eigenvalue weighted by molar-refractivity contribution is 7.92. The molecule has 0 spiro atoms. The van der Waals surface area contributed by atoms with Gasteiger partial charge in [-0.25, -0.2) is 13.4 Å². The van der Waals surface area contributed by atoms with E-state index in [4.69, 9.17) is 9.47 Å². The van der Waals surface area contributed by atoms with Crippen molar-refractivity contribution in [2.45, 2.75) is 17.9 Å². The predicted octanol–water partition coefficient (Wildman–Crippen LogP) is 3.78. The van der Waals surface area contributed by atoms with Crippen LogP contribution >= 0.6 is 0 Å². The average molecular weight is 397 g/mol. The molecule has 3 aromatic rings. The topological polar surface area (TPSA) is 89.5 Å². The Morgan fingerprint density at radius 2 is 1.79 bits per heavy atom. The lowest BCUT2D eigenvalue weighted by molar-refractivity contribution is 0.174. The minimum atomic E-state index is -3.78. The van der Waals surface area contributed by atoms with Crippen molar-refractivity contribution in [3.05, 3.63) is 72.4 Å². The van der Waals surface area contributed by atoms with Crippen molar-refractivity contribution in [2.75, 3.05) is 16.8 Å². The molecule has 8 heteroatoms. The van der Waals surface area contributed by atoms with Gasteiger partial charge in [0, 0.05) is 12.1 Å². The van der Waals surface area contributed by atoms with E-state index in [1.807, 2.05) is 37.3 Å². The summed E-state index contributed by atoms with van der Waals surface area (Å²) in [5, 5.41) is 3.34. The summed E-state index contributed by atoms with van der Waals surface area (Å²) in [4.78, 5) is 4.28. The fraction of sp³-hybridized carbons (Fsp3) is 0.150. The standard InChI is InChI=1S/C20H19N3O4S/c1-14(15-5-3-2-4-6-15)22-16-7-10-20(21-12-16)23-28(24,25)17-8-9-18-19(11-17)27-13-26-18/h2-12,14,22H,13H2,1H3,(H,21,23). The van der Waals surface area contributed by atoms with Gasteiger partial charge in [0.05, 0.1) is 16.8 Å². The first-order chi connectivity index (χ1) is 13.5. The summed E-state index contributed by atoms with van der Waals surface area (Å²) in [5.74, 6) is 1.17. The summed E-state index contributed by atoms with van der Waals surface area (Å²) in [6, 6.07) is 18.0. The number of nitrogens with one attached hydrogen (secondary N) is 2. The zero-order chi connectivity index (χ0) is 19.6. The number of benzene rings is 2. The highest BCUT2D eigenvalue weighted by Gasteiger charge is 2.20. The smallest absolute Gasteiger partial charge is 0.263 e. The van der Waals surface area contributed by atoms with Gasteiger partial charge in [0.25, 0.3) is 10.0 Å². The van der Waals surface area contributed by atoms with Crippen LogP contribution in [0, 0.1) is 0 Å². The largest absolute Gasteiger partial charge is 0.454 e. The summed E-state index contributed by atoms with van der Waals surface area (Å²) in [7, 11) is -3.78. The van der Waals surface area contributed by atoms with Crippen molar-refractivity contribution >= 4 is 21.5 Å². The molecule has 1 atom stereocenters. The van der Waals surface area contributed by atoms with Crippen LogP contribution in [-0.2, 0) is 10.0 Å². The first-order valence-electron chi connectivity index (χ1n) is 8.71. The Bertz CT molecular complexity index is 1070. The number of hydrogen-bond acceptors (Lipinski definition) is 6. The molecule has 1 aliphatic heterocycles. The van der Waals surface area contributed by atoms with Crippen LogP contribution < -0.4 is 19.5 Å². The van der Waals surface area contributed by atoms with E-state index >= 15 is 0 Å². The minimum Gasteiger partial charge on any atom is -0.454 e. The van der Waals surface area contributed by atoms with Gasteiger partial charge >= 0.3 is 0 Å². The monoisotopic (exact) mass is 397 g/mol. The fourth-order valence-corrected chi connectivity index (χ4v) is 3.88. The van der Waals surface area contributed by atoms with Crippen LogP contribution in [0.25, 0.3) is 0 Å². The van der Waals surface area contributed by atoms with Gasteiger partial charge in [-0.05, 0) is 36.8 Å². The Balaban J connectivity index is 1.45. The molecule has 0 fully saturated rings. The van der Waals surface area contributed by atoms with Crippen molar-refractivity contribution in [2.24, 2.45) is 0 Å². The molecule has 0 radical (unpaired) electrons. The number of hydrogen-bond donors (Lipinski definition) is 2. The van der Waals surface area contributed by atoms with E-state index in [1.165, 1.54) is 12.1 Å². The maximum atomic E-state index is 12.6. The molecule has 1 aromatic heterocycles. The number of rotatable bonds is 6. The highest BCUT2D eigenvalue weighted by atomic mass is 32.2. The van der Waals surface area contributed by atoms with E-state index in [1.54, 1.807) is 24.4 Å². The van der Waals surface area contributed by atoms with Gasteiger partial charge in [0.15, 0.2) is 11.5 Å². The Morgan fingerprint density at radius 1 is 1.00 bits per heavy atom. The second kappa shape index (κ2) is 7.40.